The van der Waals surface area contributed by atoms with E-state index >= 15 is 0 Å². The summed E-state index contributed by atoms with van der Waals surface area (Å²) in [5, 5.41) is 0. The fourth-order valence-corrected chi connectivity index (χ4v) is 5.44. The molecule has 1 heteroatoms. The molecule has 0 nitrogen and oxygen atoms in total. The van der Waals surface area contributed by atoms with Gasteiger partial charge >= 0.3 is 0 Å². The molecular weight excluding hydrogens is 348 g/mol. The van der Waals surface area contributed by atoms with E-state index in [9.17, 15) is 0 Å². The number of hydrogen-bond acceptors (Lipinski definition) is 0. The number of benzene rings is 2. The van der Waals surface area contributed by atoms with E-state index in [1.54, 1.807) is 11.1 Å². The summed E-state index contributed by atoms with van der Waals surface area (Å²) in [5.41, 5.74) is 8.97. The Hall–Kier alpha value is -0.846. The van der Waals surface area contributed by atoms with Crippen molar-refractivity contribution in [3.63, 3.8) is 0 Å². The predicted molar refractivity (Wildman–Crippen MR) is 106 cm³/mol. The molecule has 0 atom stereocenters. The summed E-state index contributed by atoms with van der Waals surface area (Å²) < 4.78 is 0. The standard InChI is InChI=1S/C25H29.Ti/c1-3-7-18(8-4-1)20-11-13-24-22(15-20)17-23-16-21(12-14-25(23)24)19-9-5-2-6-10-19;/h11-19H,1-10H2;. The van der Waals surface area contributed by atoms with E-state index in [2.05, 4.69) is 42.8 Å². The van der Waals surface area contributed by atoms with Gasteiger partial charge in [-0.05, 0) is 70.9 Å². The van der Waals surface area contributed by atoms with Crippen LogP contribution in [0, 0.1) is 6.42 Å². The first-order chi connectivity index (χ1) is 12.4. The third-order valence-corrected chi connectivity index (χ3v) is 6.91. The molecule has 0 amide bonds. The molecule has 0 aromatic heterocycles. The molecule has 0 bridgehead atoms. The van der Waals surface area contributed by atoms with Crippen molar-refractivity contribution in [1.29, 1.82) is 0 Å². The van der Waals surface area contributed by atoms with Crippen molar-refractivity contribution in [1.82, 2.24) is 0 Å². The SMILES string of the molecule is [CH]1c2cc(C3CCCCC3)ccc2-c2ccc(C3CCCCC3)cc21.[Ti]. The third-order valence-electron chi connectivity index (χ3n) is 6.91. The molecule has 0 aliphatic heterocycles. The van der Waals surface area contributed by atoms with Crippen molar-refractivity contribution >= 4 is 0 Å². The van der Waals surface area contributed by atoms with Gasteiger partial charge in [0.25, 0.3) is 0 Å². The summed E-state index contributed by atoms with van der Waals surface area (Å²) in [6.07, 6.45) is 16.5. The molecule has 2 fully saturated rings. The van der Waals surface area contributed by atoms with Gasteiger partial charge in [-0.1, -0.05) is 74.9 Å². The Kier molecular flexibility index (Phi) is 5.72. The second-order valence-corrected chi connectivity index (χ2v) is 8.51. The van der Waals surface area contributed by atoms with Crippen molar-refractivity contribution < 1.29 is 21.7 Å². The Balaban J connectivity index is 0.00000168. The van der Waals surface area contributed by atoms with Crippen molar-refractivity contribution in [2.24, 2.45) is 0 Å². The molecule has 0 spiro atoms. The molecule has 3 aliphatic carbocycles. The topological polar surface area (TPSA) is 0 Å². The van der Waals surface area contributed by atoms with Gasteiger partial charge in [-0.3, -0.25) is 0 Å². The van der Waals surface area contributed by atoms with Gasteiger partial charge in [0.2, 0.25) is 0 Å². The van der Waals surface area contributed by atoms with Crippen LogP contribution in [0.3, 0.4) is 0 Å². The predicted octanol–water partition coefficient (Wildman–Crippen LogP) is 7.36. The van der Waals surface area contributed by atoms with Gasteiger partial charge in [-0.2, -0.15) is 0 Å². The Morgan fingerprint density at radius 3 is 1.38 bits per heavy atom. The Bertz CT molecular complexity index is 698. The van der Waals surface area contributed by atoms with E-state index in [0.717, 1.165) is 11.8 Å². The van der Waals surface area contributed by atoms with Gasteiger partial charge in [0.15, 0.2) is 0 Å². The van der Waals surface area contributed by atoms with E-state index in [1.807, 2.05) is 0 Å². The fourth-order valence-electron chi connectivity index (χ4n) is 5.44. The Morgan fingerprint density at radius 1 is 0.538 bits per heavy atom. The molecule has 133 valence electrons. The largest absolute Gasteiger partial charge is 0.0581 e. The van der Waals surface area contributed by atoms with Crippen LogP contribution in [0.4, 0.5) is 0 Å². The molecule has 26 heavy (non-hydrogen) atoms. The average molecular weight is 377 g/mol. The molecule has 2 aromatic rings. The zero-order valence-electron chi connectivity index (χ0n) is 15.8. The average Bonchev–Trinajstić information content (AvgIpc) is 3.06. The zero-order valence-corrected chi connectivity index (χ0v) is 17.3. The van der Waals surface area contributed by atoms with Crippen molar-refractivity contribution in [3.8, 4) is 11.1 Å². The maximum Gasteiger partial charge on any atom is 0.0212 e. The second-order valence-electron chi connectivity index (χ2n) is 8.51. The molecule has 1 radical (unpaired) electrons. The van der Waals surface area contributed by atoms with Gasteiger partial charge in [0, 0.05) is 28.1 Å². The van der Waals surface area contributed by atoms with Gasteiger partial charge in [0.05, 0.1) is 0 Å². The molecule has 3 aliphatic rings. The summed E-state index contributed by atoms with van der Waals surface area (Å²) in [5.74, 6) is 1.60. The molecular formula is C25H29Ti. The molecule has 0 unspecified atom stereocenters. The Morgan fingerprint density at radius 2 is 0.962 bits per heavy atom. The van der Waals surface area contributed by atoms with Gasteiger partial charge in [-0.15, -0.1) is 0 Å². The minimum absolute atomic E-state index is 0. The van der Waals surface area contributed by atoms with Gasteiger partial charge in [0.1, 0.15) is 0 Å². The van der Waals surface area contributed by atoms with Crippen molar-refractivity contribution in [3.05, 3.63) is 65.1 Å². The minimum atomic E-state index is 0. The fraction of sp³-hybridized carbons (Fsp3) is 0.480. The van der Waals surface area contributed by atoms with Crippen molar-refractivity contribution in [2.45, 2.75) is 76.0 Å². The van der Waals surface area contributed by atoms with Crippen LogP contribution in [-0.4, -0.2) is 0 Å². The van der Waals surface area contributed by atoms with E-state index in [1.165, 1.54) is 86.5 Å². The zero-order chi connectivity index (χ0) is 16.6. The number of rotatable bonds is 2. The number of hydrogen-bond donors (Lipinski definition) is 0. The van der Waals surface area contributed by atoms with Crippen LogP contribution in [0.25, 0.3) is 11.1 Å². The summed E-state index contributed by atoms with van der Waals surface area (Å²) >= 11 is 0. The monoisotopic (exact) mass is 377 g/mol. The summed E-state index contributed by atoms with van der Waals surface area (Å²) in [4.78, 5) is 0. The first-order valence-corrected chi connectivity index (χ1v) is 10.5. The molecule has 0 N–H and O–H groups in total. The smallest absolute Gasteiger partial charge is 0.0212 e. The van der Waals surface area contributed by atoms with E-state index < -0.39 is 0 Å². The first-order valence-electron chi connectivity index (χ1n) is 10.5. The molecule has 0 saturated heterocycles. The number of fused-ring (bicyclic) bond motifs is 3. The molecule has 2 saturated carbocycles. The maximum atomic E-state index is 2.49. The van der Waals surface area contributed by atoms with Crippen LogP contribution in [-0.2, 0) is 21.7 Å². The van der Waals surface area contributed by atoms with E-state index in [-0.39, 0.29) is 21.7 Å². The van der Waals surface area contributed by atoms with Crippen LogP contribution in [0.5, 0.6) is 0 Å². The molecule has 2 aromatic carbocycles. The van der Waals surface area contributed by atoms with E-state index in [0.29, 0.717) is 0 Å². The van der Waals surface area contributed by atoms with E-state index in [4.69, 9.17) is 0 Å². The Labute approximate surface area is 173 Å². The summed E-state index contributed by atoms with van der Waals surface area (Å²) in [6.45, 7) is 0. The van der Waals surface area contributed by atoms with Crippen LogP contribution in [0.15, 0.2) is 36.4 Å². The van der Waals surface area contributed by atoms with Crippen LogP contribution in [0.1, 0.15) is 98.3 Å². The van der Waals surface area contributed by atoms with Gasteiger partial charge in [-0.25, -0.2) is 0 Å². The second kappa shape index (κ2) is 8.03. The van der Waals surface area contributed by atoms with Crippen LogP contribution >= 0.6 is 0 Å². The first kappa shape index (κ1) is 18.5. The quantitative estimate of drug-likeness (QED) is 0.409. The van der Waals surface area contributed by atoms with Crippen LogP contribution in [0.2, 0.25) is 0 Å². The third kappa shape index (κ3) is 3.48. The van der Waals surface area contributed by atoms with Gasteiger partial charge < -0.3 is 0 Å². The molecule has 5 rings (SSSR count). The van der Waals surface area contributed by atoms with Crippen molar-refractivity contribution in [2.75, 3.05) is 0 Å². The normalized spacial score (nSPS) is 20.3. The maximum absolute atomic E-state index is 2.49. The summed E-state index contributed by atoms with van der Waals surface area (Å²) in [7, 11) is 0. The van der Waals surface area contributed by atoms with Crippen LogP contribution < -0.4 is 0 Å². The minimum Gasteiger partial charge on any atom is -0.0581 e. The molecule has 0 heterocycles. The summed E-state index contributed by atoms with van der Waals surface area (Å²) in [6, 6.07) is 14.6.